The van der Waals surface area contributed by atoms with Gasteiger partial charge >= 0.3 is 0 Å². The number of nitrogens with zero attached hydrogens (tertiary/aromatic N) is 3. The number of carbonyl (C=O) groups excluding carboxylic acids is 1. The van der Waals surface area contributed by atoms with Gasteiger partial charge in [0.1, 0.15) is 12.3 Å². The second-order valence-corrected chi connectivity index (χ2v) is 10.00. The number of methoxy groups -OCH3 is 1. The van der Waals surface area contributed by atoms with Gasteiger partial charge in [-0.25, -0.2) is 13.8 Å². The van der Waals surface area contributed by atoms with E-state index in [1.165, 1.54) is 31.5 Å². The van der Waals surface area contributed by atoms with E-state index in [0.717, 1.165) is 28.6 Å². The minimum absolute atomic E-state index is 0.0246. The summed E-state index contributed by atoms with van der Waals surface area (Å²) in [6.45, 7) is 5.45. The molecule has 0 unspecified atom stereocenters. The Morgan fingerprint density at radius 1 is 1.03 bits per heavy atom. The van der Waals surface area contributed by atoms with E-state index in [1.54, 1.807) is 30.3 Å². The van der Waals surface area contributed by atoms with Crippen molar-refractivity contribution in [3.8, 4) is 5.75 Å². The van der Waals surface area contributed by atoms with E-state index in [9.17, 15) is 13.2 Å². The predicted molar refractivity (Wildman–Crippen MR) is 145 cm³/mol. The van der Waals surface area contributed by atoms with Crippen LogP contribution < -0.4 is 19.4 Å². The van der Waals surface area contributed by atoms with E-state index in [-0.39, 0.29) is 16.3 Å². The van der Waals surface area contributed by atoms with Crippen LogP contribution in [-0.2, 0) is 14.8 Å². The SMILES string of the molecule is CCN(CC)c1ccc(/C=N\NC(=O)CN(c2cc(Cl)ccc2OC)S(=O)(=O)c2ccccc2)cc1. The summed E-state index contributed by atoms with van der Waals surface area (Å²) in [6, 6.07) is 20.1. The van der Waals surface area contributed by atoms with Crippen molar-refractivity contribution in [1.82, 2.24) is 5.43 Å². The topological polar surface area (TPSA) is 91.3 Å². The summed E-state index contributed by atoms with van der Waals surface area (Å²) in [5.41, 5.74) is 4.43. The summed E-state index contributed by atoms with van der Waals surface area (Å²) < 4.78 is 33.3. The lowest BCUT2D eigenvalue weighted by Crippen LogP contribution is -2.39. The molecule has 190 valence electrons. The second kappa shape index (κ2) is 12.4. The van der Waals surface area contributed by atoms with E-state index in [2.05, 4.69) is 29.3 Å². The van der Waals surface area contributed by atoms with E-state index in [4.69, 9.17) is 16.3 Å². The van der Waals surface area contributed by atoms with Gasteiger partial charge in [-0.05, 0) is 61.9 Å². The molecule has 10 heteroatoms. The maximum Gasteiger partial charge on any atom is 0.264 e. The maximum absolute atomic E-state index is 13.5. The van der Waals surface area contributed by atoms with Gasteiger partial charge in [0, 0.05) is 23.8 Å². The van der Waals surface area contributed by atoms with Crippen LogP contribution in [0.25, 0.3) is 0 Å². The van der Waals surface area contributed by atoms with Crippen molar-refractivity contribution in [2.45, 2.75) is 18.7 Å². The van der Waals surface area contributed by atoms with Gasteiger partial charge in [0.15, 0.2) is 0 Å². The zero-order chi connectivity index (χ0) is 26.1. The van der Waals surface area contributed by atoms with Gasteiger partial charge in [-0.2, -0.15) is 5.10 Å². The summed E-state index contributed by atoms with van der Waals surface area (Å²) in [6.07, 6.45) is 1.50. The average Bonchev–Trinajstić information content (AvgIpc) is 2.89. The molecule has 1 amide bonds. The molecule has 0 aliphatic heterocycles. The molecule has 0 saturated heterocycles. The number of hydrazone groups is 1. The Morgan fingerprint density at radius 2 is 1.69 bits per heavy atom. The molecule has 3 aromatic carbocycles. The van der Waals surface area contributed by atoms with Crippen molar-refractivity contribution < 1.29 is 17.9 Å². The molecule has 0 bridgehead atoms. The highest BCUT2D eigenvalue weighted by atomic mass is 35.5. The monoisotopic (exact) mass is 528 g/mol. The smallest absolute Gasteiger partial charge is 0.264 e. The van der Waals surface area contributed by atoms with E-state index in [0.29, 0.717) is 5.02 Å². The van der Waals surface area contributed by atoms with Crippen molar-refractivity contribution in [3.63, 3.8) is 0 Å². The minimum Gasteiger partial charge on any atom is -0.495 e. The van der Waals surface area contributed by atoms with Gasteiger partial charge in [-0.15, -0.1) is 0 Å². The van der Waals surface area contributed by atoms with Crippen LogP contribution in [0, 0.1) is 0 Å². The Hall–Kier alpha value is -3.56. The number of sulfonamides is 1. The number of anilines is 2. The molecule has 1 N–H and O–H groups in total. The Balaban J connectivity index is 1.82. The summed E-state index contributed by atoms with van der Waals surface area (Å²) in [5.74, 6) is -0.379. The maximum atomic E-state index is 13.5. The fraction of sp³-hybridized carbons (Fsp3) is 0.231. The fourth-order valence-corrected chi connectivity index (χ4v) is 5.19. The molecule has 0 aliphatic rings. The standard InChI is InChI=1S/C26H29ClN4O4S/c1-4-30(5-2)22-14-11-20(12-15-22)18-28-29-26(32)19-31(24-17-21(27)13-16-25(24)35-3)36(33,34)23-9-7-6-8-10-23/h6-18H,4-5,19H2,1-3H3,(H,29,32)/b28-18-. The molecule has 0 spiro atoms. The molecule has 8 nitrogen and oxygen atoms in total. The Morgan fingerprint density at radius 3 is 2.31 bits per heavy atom. The van der Waals surface area contributed by atoms with E-state index >= 15 is 0 Å². The molecule has 0 atom stereocenters. The third-order valence-electron chi connectivity index (χ3n) is 5.45. The molecule has 36 heavy (non-hydrogen) atoms. The summed E-state index contributed by atoms with van der Waals surface area (Å²) in [4.78, 5) is 15.0. The van der Waals surface area contributed by atoms with Crippen LogP contribution >= 0.6 is 11.6 Å². The molecule has 3 aromatic rings. The lowest BCUT2D eigenvalue weighted by Gasteiger charge is -2.25. The highest BCUT2D eigenvalue weighted by molar-refractivity contribution is 7.92. The van der Waals surface area contributed by atoms with E-state index in [1.807, 2.05) is 24.3 Å². The highest BCUT2D eigenvalue weighted by Gasteiger charge is 2.29. The minimum atomic E-state index is -4.12. The Labute approximate surface area is 217 Å². The van der Waals surface area contributed by atoms with Crippen molar-refractivity contribution >= 4 is 45.1 Å². The van der Waals surface area contributed by atoms with Gasteiger partial charge in [-0.1, -0.05) is 41.9 Å². The van der Waals surface area contributed by atoms with Crippen LogP contribution in [0.1, 0.15) is 19.4 Å². The number of ether oxygens (including phenoxy) is 1. The van der Waals surface area contributed by atoms with Crippen LogP contribution in [0.4, 0.5) is 11.4 Å². The van der Waals surface area contributed by atoms with Crippen molar-refractivity contribution in [2.24, 2.45) is 5.10 Å². The first-order chi connectivity index (χ1) is 17.3. The van der Waals surface area contributed by atoms with Gasteiger partial charge in [0.2, 0.25) is 0 Å². The Bertz CT molecular complexity index is 1300. The second-order valence-electron chi connectivity index (χ2n) is 7.70. The normalized spacial score (nSPS) is 11.3. The molecule has 0 aliphatic carbocycles. The number of hydrogen-bond acceptors (Lipinski definition) is 6. The van der Waals surface area contributed by atoms with Crippen LogP contribution in [0.3, 0.4) is 0 Å². The van der Waals surface area contributed by atoms with Gasteiger partial charge in [-0.3, -0.25) is 9.10 Å². The predicted octanol–water partition coefficient (Wildman–Crippen LogP) is 4.54. The molecule has 0 radical (unpaired) electrons. The van der Waals surface area contributed by atoms with Gasteiger partial charge in [0.05, 0.1) is 23.9 Å². The molecule has 3 rings (SSSR count). The van der Waals surface area contributed by atoms with Gasteiger partial charge < -0.3 is 9.64 Å². The largest absolute Gasteiger partial charge is 0.495 e. The molecule has 0 aromatic heterocycles. The molecular formula is C26H29ClN4O4S. The van der Waals surface area contributed by atoms with E-state index < -0.39 is 22.5 Å². The number of amides is 1. The lowest BCUT2D eigenvalue weighted by molar-refractivity contribution is -0.119. The quantitative estimate of drug-likeness (QED) is 0.291. The Kier molecular flexibility index (Phi) is 9.32. The van der Waals surface area contributed by atoms with Crippen molar-refractivity contribution in [2.75, 3.05) is 35.9 Å². The average molecular weight is 529 g/mol. The number of halogens is 1. The van der Waals surface area contributed by atoms with Crippen LogP contribution in [0.2, 0.25) is 5.02 Å². The molecule has 0 heterocycles. The zero-order valence-corrected chi connectivity index (χ0v) is 22.0. The van der Waals surface area contributed by atoms with Crippen LogP contribution in [0.15, 0.2) is 82.8 Å². The summed E-state index contributed by atoms with van der Waals surface area (Å²) in [5, 5.41) is 4.30. The van der Waals surface area contributed by atoms with Gasteiger partial charge in [0.25, 0.3) is 15.9 Å². The fourth-order valence-electron chi connectivity index (χ4n) is 3.58. The number of rotatable bonds is 11. The molecular weight excluding hydrogens is 500 g/mol. The third kappa shape index (κ3) is 6.56. The molecule has 0 saturated carbocycles. The summed E-state index contributed by atoms with van der Waals surface area (Å²) in [7, 11) is -2.70. The zero-order valence-electron chi connectivity index (χ0n) is 20.4. The first-order valence-corrected chi connectivity index (χ1v) is 13.2. The summed E-state index contributed by atoms with van der Waals surface area (Å²) >= 11 is 6.15. The lowest BCUT2D eigenvalue weighted by atomic mass is 10.2. The van der Waals surface area contributed by atoms with Crippen molar-refractivity contribution in [1.29, 1.82) is 0 Å². The molecule has 0 fully saturated rings. The highest BCUT2D eigenvalue weighted by Crippen LogP contribution is 2.34. The van der Waals surface area contributed by atoms with Crippen LogP contribution in [0.5, 0.6) is 5.75 Å². The number of carbonyl (C=O) groups is 1. The number of nitrogens with one attached hydrogen (secondary N) is 1. The first kappa shape index (κ1) is 27.0. The number of benzene rings is 3. The first-order valence-electron chi connectivity index (χ1n) is 11.4. The number of hydrogen-bond donors (Lipinski definition) is 1. The third-order valence-corrected chi connectivity index (χ3v) is 7.46. The van der Waals surface area contributed by atoms with Crippen molar-refractivity contribution in [3.05, 3.63) is 83.4 Å². The van der Waals surface area contributed by atoms with Crippen LogP contribution in [-0.4, -0.2) is 47.3 Å².